The third kappa shape index (κ3) is 6.78. The van der Waals surface area contributed by atoms with E-state index in [1.54, 1.807) is 32.4 Å². The van der Waals surface area contributed by atoms with E-state index in [0.717, 1.165) is 12.0 Å². The van der Waals surface area contributed by atoms with Crippen LogP contribution in [0.4, 0.5) is 0 Å². The third-order valence-corrected chi connectivity index (χ3v) is 4.37. The molecule has 2 rings (SSSR count). The summed E-state index contributed by atoms with van der Waals surface area (Å²) in [4.78, 5) is 28.8. The van der Waals surface area contributed by atoms with Gasteiger partial charge < -0.3 is 20.1 Å². The molecule has 0 saturated heterocycles. The van der Waals surface area contributed by atoms with Gasteiger partial charge in [0.15, 0.2) is 11.5 Å². The molecule has 0 saturated carbocycles. The van der Waals surface area contributed by atoms with Crippen LogP contribution < -0.4 is 20.1 Å². The van der Waals surface area contributed by atoms with Gasteiger partial charge in [0, 0.05) is 13.1 Å². The molecular formula is C22H29N3O4. The fraction of sp³-hybridized carbons (Fsp3) is 0.409. The van der Waals surface area contributed by atoms with E-state index in [-0.39, 0.29) is 23.2 Å². The highest BCUT2D eigenvalue weighted by molar-refractivity contribution is 5.96. The lowest BCUT2D eigenvalue weighted by Gasteiger charge is -2.10. The Balaban J connectivity index is 1.90. The van der Waals surface area contributed by atoms with Crippen LogP contribution in [0, 0.1) is 5.92 Å². The molecule has 156 valence electrons. The van der Waals surface area contributed by atoms with Crippen molar-refractivity contribution < 1.29 is 19.1 Å². The number of pyridine rings is 1. The van der Waals surface area contributed by atoms with E-state index in [9.17, 15) is 9.59 Å². The van der Waals surface area contributed by atoms with E-state index in [1.807, 2.05) is 18.2 Å². The zero-order valence-corrected chi connectivity index (χ0v) is 17.5. The second-order valence-corrected chi connectivity index (χ2v) is 7.04. The molecule has 1 heterocycles. The Kier molecular flexibility index (Phi) is 8.45. The Morgan fingerprint density at radius 1 is 0.931 bits per heavy atom. The number of hydrogen-bond acceptors (Lipinski definition) is 5. The number of nitrogens with zero attached hydrogens (tertiary/aromatic N) is 1. The second kappa shape index (κ2) is 11.0. The van der Waals surface area contributed by atoms with Gasteiger partial charge in [-0.2, -0.15) is 0 Å². The van der Waals surface area contributed by atoms with Crippen LogP contribution in [0.1, 0.15) is 46.8 Å². The SMILES string of the molecule is COc1ccc(CCNC(=O)c2cccc(C(=O)NCCC(C)C)n2)cc1OC. The average Bonchev–Trinajstić information content (AvgIpc) is 2.73. The first-order chi connectivity index (χ1) is 13.9. The Hall–Kier alpha value is -3.09. The Morgan fingerprint density at radius 3 is 2.14 bits per heavy atom. The van der Waals surface area contributed by atoms with Crippen LogP contribution in [-0.2, 0) is 6.42 Å². The maximum atomic E-state index is 12.4. The molecule has 7 heteroatoms. The topological polar surface area (TPSA) is 89.5 Å². The van der Waals surface area contributed by atoms with Crippen LogP contribution in [0.3, 0.4) is 0 Å². The minimum Gasteiger partial charge on any atom is -0.493 e. The third-order valence-electron chi connectivity index (χ3n) is 4.37. The summed E-state index contributed by atoms with van der Waals surface area (Å²) in [5, 5.41) is 5.66. The number of carbonyl (C=O) groups excluding carboxylic acids is 2. The van der Waals surface area contributed by atoms with E-state index in [4.69, 9.17) is 9.47 Å². The monoisotopic (exact) mass is 399 g/mol. The zero-order chi connectivity index (χ0) is 21.2. The number of rotatable bonds is 10. The molecule has 0 spiro atoms. The standard InChI is InChI=1S/C22H29N3O4/c1-15(2)10-12-23-21(26)17-6-5-7-18(25-17)22(27)24-13-11-16-8-9-19(28-3)20(14-16)29-4/h5-9,14-15H,10-13H2,1-4H3,(H,23,26)(H,24,27). The minimum atomic E-state index is -0.317. The summed E-state index contributed by atoms with van der Waals surface area (Å²) in [6, 6.07) is 10.5. The number of amides is 2. The first-order valence-corrected chi connectivity index (χ1v) is 9.69. The van der Waals surface area contributed by atoms with Crippen LogP contribution in [0.5, 0.6) is 11.5 Å². The van der Waals surface area contributed by atoms with Crippen molar-refractivity contribution in [2.75, 3.05) is 27.3 Å². The van der Waals surface area contributed by atoms with Gasteiger partial charge in [0.2, 0.25) is 0 Å². The summed E-state index contributed by atoms with van der Waals surface area (Å²) in [6.45, 7) is 5.20. The highest BCUT2D eigenvalue weighted by Gasteiger charge is 2.12. The van der Waals surface area contributed by atoms with Gasteiger partial charge in [0.05, 0.1) is 14.2 Å². The smallest absolute Gasteiger partial charge is 0.269 e. The molecule has 2 N–H and O–H groups in total. The molecule has 0 aliphatic rings. The molecule has 0 unspecified atom stereocenters. The molecule has 2 aromatic rings. The molecule has 0 aliphatic carbocycles. The van der Waals surface area contributed by atoms with Crippen molar-refractivity contribution >= 4 is 11.8 Å². The minimum absolute atomic E-state index is 0.217. The number of carbonyl (C=O) groups is 2. The fourth-order valence-corrected chi connectivity index (χ4v) is 2.70. The molecular weight excluding hydrogens is 370 g/mol. The van der Waals surface area contributed by atoms with Gasteiger partial charge in [-0.05, 0) is 48.6 Å². The molecule has 7 nitrogen and oxygen atoms in total. The van der Waals surface area contributed by atoms with Crippen molar-refractivity contribution in [2.45, 2.75) is 26.7 Å². The molecule has 0 bridgehead atoms. The number of hydrogen-bond donors (Lipinski definition) is 2. The van der Waals surface area contributed by atoms with E-state index in [0.29, 0.717) is 36.9 Å². The molecule has 2 amide bonds. The maximum absolute atomic E-state index is 12.4. The number of nitrogens with one attached hydrogen (secondary N) is 2. The van der Waals surface area contributed by atoms with Crippen molar-refractivity contribution in [3.05, 3.63) is 53.3 Å². The zero-order valence-electron chi connectivity index (χ0n) is 17.5. The van der Waals surface area contributed by atoms with Crippen molar-refractivity contribution in [1.82, 2.24) is 15.6 Å². The summed E-state index contributed by atoms with van der Waals surface area (Å²) in [5.41, 5.74) is 1.46. The molecule has 1 aromatic carbocycles. The highest BCUT2D eigenvalue weighted by atomic mass is 16.5. The van der Waals surface area contributed by atoms with E-state index in [2.05, 4.69) is 29.5 Å². The summed E-state index contributed by atoms with van der Waals surface area (Å²) >= 11 is 0. The Labute approximate surface area is 171 Å². The summed E-state index contributed by atoms with van der Waals surface area (Å²) in [7, 11) is 3.17. The maximum Gasteiger partial charge on any atom is 0.269 e. The summed E-state index contributed by atoms with van der Waals surface area (Å²) in [6.07, 6.45) is 1.52. The number of methoxy groups -OCH3 is 2. The molecule has 1 aromatic heterocycles. The van der Waals surface area contributed by atoms with Crippen LogP contribution in [0.25, 0.3) is 0 Å². The van der Waals surface area contributed by atoms with Crippen molar-refractivity contribution in [3.63, 3.8) is 0 Å². The van der Waals surface area contributed by atoms with Crippen LogP contribution in [-0.4, -0.2) is 44.1 Å². The lowest BCUT2D eigenvalue weighted by atomic mass is 10.1. The van der Waals surface area contributed by atoms with E-state index in [1.165, 1.54) is 0 Å². The van der Waals surface area contributed by atoms with E-state index >= 15 is 0 Å². The first-order valence-electron chi connectivity index (χ1n) is 9.69. The molecule has 0 radical (unpaired) electrons. The second-order valence-electron chi connectivity index (χ2n) is 7.04. The van der Waals surface area contributed by atoms with Crippen molar-refractivity contribution in [2.24, 2.45) is 5.92 Å². The highest BCUT2D eigenvalue weighted by Crippen LogP contribution is 2.27. The van der Waals surface area contributed by atoms with Gasteiger partial charge in [0.25, 0.3) is 11.8 Å². The van der Waals surface area contributed by atoms with Crippen molar-refractivity contribution in [3.8, 4) is 11.5 Å². The fourth-order valence-electron chi connectivity index (χ4n) is 2.70. The molecule has 0 atom stereocenters. The normalized spacial score (nSPS) is 10.5. The average molecular weight is 399 g/mol. The Bertz CT molecular complexity index is 837. The van der Waals surface area contributed by atoms with E-state index < -0.39 is 0 Å². The number of ether oxygens (including phenoxy) is 2. The van der Waals surface area contributed by atoms with Gasteiger partial charge in [-0.15, -0.1) is 0 Å². The predicted molar refractivity (Wildman–Crippen MR) is 112 cm³/mol. The van der Waals surface area contributed by atoms with Crippen LogP contribution >= 0.6 is 0 Å². The lowest BCUT2D eigenvalue weighted by molar-refractivity contribution is 0.0944. The molecule has 0 aliphatic heterocycles. The largest absolute Gasteiger partial charge is 0.493 e. The number of aromatic nitrogens is 1. The van der Waals surface area contributed by atoms with Crippen molar-refractivity contribution in [1.29, 1.82) is 0 Å². The van der Waals surface area contributed by atoms with Crippen LogP contribution in [0.15, 0.2) is 36.4 Å². The summed E-state index contributed by atoms with van der Waals surface area (Å²) < 4.78 is 10.5. The predicted octanol–water partition coefficient (Wildman–Crippen LogP) is 2.85. The number of benzene rings is 1. The quantitative estimate of drug-likeness (QED) is 0.641. The Morgan fingerprint density at radius 2 is 1.55 bits per heavy atom. The first kappa shape index (κ1) is 22.2. The molecule has 0 fully saturated rings. The van der Waals surface area contributed by atoms with Crippen LogP contribution in [0.2, 0.25) is 0 Å². The summed E-state index contributed by atoms with van der Waals surface area (Å²) in [5.74, 6) is 1.22. The molecule has 29 heavy (non-hydrogen) atoms. The van der Waals surface area contributed by atoms with Gasteiger partial charge in [-0.25, -0.2) is 4.98 Å². The van der Waals surface area contributed by atoms with Gasteiger partial charge in [0.1, 0.15) is 11.4 Å². The van der Waals surface area contributed by atoms with Gasteiger partial charge in [-0.1, -0.05) is 26.0 Å². The van der Waals surface area contributed by atoms with Gasteiger partial charge in [-0.3, -0.25) is 9.59 Å². The lowest BCUT2D eigenvalue weighted by Crippen LogP contribution is -2.29. The van der Waals surface area contributed by atoms with Gasteiger partial charge >= 0.3 is 0 Å².